The lowest BCUT2D eigenvalue weighted by molar-refractivity contribution is -0.243. The van der Waals surface area contributed by atoms with Crippen molar-refractivity contribution in [3.63, 3.8) is 0 Å². The van der Waals surface area contributed by atoms with E-state index in [4.69, 9.17) is 0 Å². The number of nitrogens with zero attached hydrogens (tertiary/aromatic N) is 1. The summed E-state index contributed by atoms with van der Waals surface area (Å²) in [6, 6.07) is 16.5. The minimum Gasteiger partial charge on any atom is -0.443 e. The molecule has 0 spiro atoms. The van der Waals surface area contributed by atoms with Crippen LogP contribution in [0.1, 0.15) is 11.1 Å². The number of hydrogen-bond donors (Lipinski definition) is 1. The first kappa shape index (κ1) is 19.1. The van der Waals surface area contributed by atoms with Crippen LogP contribution in [0.15, 0.2) is 60.7 Å². The summed E-state index contributed by atoms with van der Waals surface area (Å²) in [6.45, 7) is -0.634. The van der Waals surface area contributed by atoms with Gasteiger partial charge in [0.15, 0.2) is 0 Å². The van der Waals surface area contributed by atoms with Gasteiger partial charge in [-0.3, -0.25) is 0 Å². The van der Waals surface area contributed by atoms with E-state index < -0.39 is 23.5 Å². The number of carbonyl (C=O) groups is 2. The first-order valence-electron chi connectivity index (χ1n) is 7.41. The highest BCUT2D eigenvalue weighted by Gasteiger charge is 2.44. The summed E-state index contributed by atoms with van der Waals surface area (Å²) < 4.78 is 48.2. The van der Waals surface area contributed by atoms with Gasteiger partial charge in [0.05, 0.1) is 0 Å². The van der Waals surface area contributed by atoms with Gasteiger partial charge in [-0.1, -0.05) is 60.7 Å². The minimum absolute atomic E-state index is 0.253. The fourth-order valence-corrected chi connectivity index (χ4v) is 1.84. The van der Waals surface area contributed by atoms with E-state index in [-0.39, 0.29) is 13.2 Å². The maximum absolute atomic E-state index is 13.0. The minimum atomic E-state index is -5.18. The number of ether oxygens (including phenoxy) is 2. The van der Waals surface area contributed by atoms with Gasteiger partial charge in [-0.25, -0.2) is 15.0 Å². The molecule has 0 aliphatic heterocycles. The number of hydrazine groups is 1. The van der Waals surface area contributed by atoms with E-state index in [1.54, 1.807) is 60.7 Å². The molecule has 0 aromatic heterocycles. The molecule has 0 unspecified atom stereocenters. The molecule has 2 aromatic carbocycles. The van der Waals surface area contributed by atoms with Crippen LogP contribution in [0.2, 0.25) is 0 Å². The van der Waals surface area contributed by atoms with Crippen LogP contribution >= 0.6 is 0 Å². The normalized spacial score (nSPS) is 10.7. The largest absolute Gasteiger partial charge is 0.508 e. The summed E-state index contributed by atoms with van der Waals surface area (Å²) in [6.07, 6.45) is -8.40. The highest BCUT2D eigenvalue weighted by Crippen LogP contribution is 2.20. The topological polar surface area (TPSA) is 67.9 Å². The Morgan fingerprint density at radius 1 is 0.846 bits per heavy atom. The molecule has 0 fully saturated rings. The zero-order chi connectivity index (χ0) is 19.0. The third-order valence-corrected chi connectivity index (χ3v) is 3.06. The summed E-state index contributed by atoms with van der Waals surface area (Å²) >= 11 is 0. The Morgan fingerprint density at radius 2 is 1.31 bits per heavy atom. The van der Waals surface area contributed by atoms with Crippen molar-refractivity contribution in [3.05, 3.63) is 71.8 Å². The second-order valence-electron chi connectivity index (χ2n) is 5.02. The van der Waals surface area contributed by atoms with Gasteiger partial charge in [0, 0.05) is 0 Å². The predicted molar refractivity (Wildman–Crippen MR) is 84.3 cm³/mol. The van der Waals surface area contributed by atoms with Crippen LogP contribution in [0.4, 0.5) is 22.8 Å². The van der Waals surface area contributed by atoms with Crippen LogP contribution in [0.5, 0.6) is 0 Å². The highest BCUT2D eigenvalue weighted by atomic mass is 19.4. The van der Waals surface area contributed by atoms with E-state index in [2.05, 4.69) is 9.47 Å². The molecule has 0 saturated heterocycles. The number of nitrogens with one attached hydrogen (secondary N) is 1. The van der Waals surface area contributed by atoms with Crippen molar-refractivity contribution in [2.45, 2.75) is 19.5 Å². The van der Waals surface area contributed by atoms with E-state index in [1.165, 1.54) is 5.43 Å². The van der Waals surface area contributed by atoms with E-state index in [0.29, 0.717) is 11.1 Å². The van der Waals surface area contributed by atoms with Gasteiger partial charge >= 0.3 is 18.5 Å². The Balaban J connectivity index is 1.91. The summed E-state index contributed by atoms with van der Waals surface area (Å²) in [4.78, 5) is 23.3. The molecule has 0 heterocycles. The molecule has 9 heteroatoms. The Kier molecular flexibility index (Phi) is 6.42. The van der Waals surface area contributed by atoms with Gasteiger partial charge in [-0.05, 0) is 11.1 Å². The standard InChI is InChI=1S/C17H15F3N2O4/c18-17(19,20)22(16(24)26-12-14-9-5-2-6-10-14)21-15(23)25-11-13-7-3-1-4-8-13/h1-10H,11-12H2,(H,21,23). The summed E-state index contributed by atoms with van der Waals surface area (Å²) in [5.41, 5.74) is 2.41. The molecular weight excluding hydrogens is 353 g/mol. The van der Waals surface area contributed by atoms with E-state index in [1.807, 2.05) is 0 Å². The Bertz CT molecular complexity index is 724. The number of rotatable bonds is 4. The molecule has 0 aliphatic rings. The summed E-state index contributed by atoms with van der Waals surface area (Å²) in [5, 5.41) is -0.872. The molecule has 26 heavy (non-hydrogen) atoms. The molecule has 0 saturated carbocycles. The van der Waals surface area contributed by atoms with Crippen LogP contribution in [0, 0.1) is 0 Å². The summed E-state index contributed by atoms with van der Waals surface area (Å²) in [7, 11) is 0. The molecule has 6 nitrogen and oxygen atoms in total. The molecule has 0 bridgehead atoms. The number of benzene rings is 2. The van der Waals surface area contributed by atoms with Crippen molar-refractivity contribution >= 4 is 12.2 Å². The van der Waals surface area contributed by atoms with E-state index in [0.717, 1.165) is 0 Å². The van der Waals surface area contributed by atoms with Gasteiger partial charge in [-0.15, -0.1) is 18.2 Å². The summed E-state index contributed by atoms with van der Waals surface area (Å²) in [5.74, 6) is 0. The van der Waals surface area contributed by atoms with E-state index in [9.17, 15) is 22.8 Å². The molecule has 2 rings (SSSR count). The maximum Gasteiger partial charge on any atom is 0.508 e. The van der Waals surface area contributed by atoms with Gasteiger partial charge in [0.1, 0.15) is 13.2 Å². The first-order chi connectivity index (χ1) is 12.4. The number of alkyl halides is 3. The maximum atomic E-state index is 13.0. The molecule has 0 atom stereocenters. The number of amides is 2. The van der Waals surface area contributed by atoms with Crippen LogP contribution in [-0.4, -0.2) is 23.5 Å². The lowest BCUT2D eigenvalue weighted by Gasteiger charge is -2.24. The Labute approximate surface area is 147 Å². The van der Waals surface area contributed by atoms with Crippen molar-refractivity contribution in [2.24, 2.45) is 0 Å². The smallest absolute Gasteiger partial charge is 0.443 e. The lowest BCUT2D eigenvalue weighted by atomic mass is 10.2. The average Bonchev–Trinajstić information content (AvgIpc) is 2.63. The van der Waals surface area contributed by atoms with Crippen molar-refractivity contribution in [1.82, 2.24) is 10.4 Å². The third kappa shape index (κ3) is 6.00. The predicted octanol–water partition coefficient (Wildman–Crippen LogP) is 3.99. The second kappa shape index (κ2) is 8.75. The second-order valence-corrected chi connectivity index (χ2v) is 5.02. The molecule has 0 radical (unpaired) electrons. The fraction of sp³-hybridized carbons (Fsp3) is 0.176. The third-order valence-electron chi connectivity index (χ3n) is 3.06. The molecule has 2 amide bonds. The van der Waals surface area contributed by atoms with Crippen molar-refractivity contribution in [3.8, 4) is 0 Å². The van der Waals surface area contributed by atoms with Gasteiger partial charge < -0.3 is 9.47 Å². The molecule has 138 valence electrons. The van der Waals surface area contributed by atoms with E-state index >= 15 is 0 Å². The van der Waals surface area contributed by atoms with Gasteiger partial charge in [-0.2, -0.15) is 0 Å². The van der Waals surface area contributed by atoms with Crippen LogP contribution in [0.3, 0.4) is 0 Å². The molecular formula is C17H15F3N2O4. The number of halogens is 3. The van der Waals surface area contributed by atoms with Crippen molar-refractivity contribution < 1.29 is 32.2 Å². The quantitative estimate of drug-likeness (QED) is 0.655. The van der Waals surface area contributed by atoms with Crippen molar-refractivity contribution in [2.75, 3.05) is 0 Å². The van der Waals surface area contributed by atoms with Crippen molar-refractivity contribution in [1.29, 1.82) is 0 Å². The Morgan fingerprint density at radius 3 is 1.77 bits per heavy atom. The van der Waals surface area contributed by atoms with Crippen LogP contribution in [0.25, 0.3) is 0 Å². The zero-order valence-electron chi connectivity index (χ0n) is 13.4. The monoisotopic (exact) mass is 368 g/mol. The molecule has 0 aliphatic carbocycles. The Hall–Kier alpha value is -3.23. The number of carbonyl (C=O) groups excluding carboxylic acids is 2. The molecule has 2 aromatic rings. The van der Waals surface area contributed by atoms with Gasteiger partial charge in [0.25, 0.3) is 0 Å². The number of hydrogen-bond acceptors (Lipinski definition) is 4. The highest BCUT2D eigenvalue weighted by molar-refractivity contribution is 5.74. The van der Waals surface area contributed by atoms with Gasteiger partial charge in [0.2, 0.25) is 0 Å². The zero-order valence-corrected chi connectivity index (χ0v) is 13.4. The van der Waals surface area contributed by atoms with Crippen LogP contribution in [-0.2, 0) is 22.7 Å². The molecule has 1 N–H and O–H groups in total. The first-order valence-corrected chi connectivity index (χ1v) is 7.41. The SMILES string of the molecule is O=C(NN(C(=O)OCc1ccccc1)C(F)(F)F)OCc1ccccc1. The lowest BCUT2D eigenvalue weighted by Crippen LogP contribution is -2.54. The van der Waals surface area contributed by atoms with Crippen LogP contribution < -0.4 is 5.43 Å². The fourth-order valence-electron chi connectivity index (χ4n) is 1.84. The average molecular weight is 368 g/mol.